The summed E-state index contributed by atoms with van der Waals surface area (Å²) in [5.41, 5.74) is -0.733. The molecule has 0 aromatic rings. The molecule has 0 aromatic heterocycles. The van der Waals surface area contributed by atoms with Crippen LogP contribution in [0.5, 0.6) is 0 Å². The summed E-state index contributed by atoms with van der Waals surface area (Å²) in [7, 11) is 0. The molecule has 1 aliphatic carbocycles. The van der Waals surface area contributed by atoms with Gasteiger partial charge in [0.1, 0.15) is 12.1 Å². The first-order valence-electron chi connectivity index (χ1n) is 19.1. The van der Waals surface area contributed by atoms with Crippen LogP contribution < -0.4 is 21.3 Å². The Bertz CT molecular complexity index is 1190. The lowest BCUT2D eigenvalue weighted by atomic mass is 9.80. The van der Waals surface area contributed by atoms with Gasteiger partial charge in [-0.05, 0) is 54.8 Å². The second-order valence-electron chi connectivity index (χ2n) is 16.4. The van der Waals surface area contributed by atoms with Crippen molar-refractivity contribution in [2.75, 3.05) is 13.1 Å². The third-order valence-corrected chi connectivity index (χ3v) is 10.4. The topological polar surface area (TPSA) is 154 Å². The number of amides is 5. The van der Waals surface area contributed by atoms with Crippen molar-refractivity contribution in [1.29, 1.82) is 0 Å². The Morgan fingerprint density at radius 2 is 1.50 bits per heavy atom. The number of hydrogen-bond acceptors (Lipinski definition) is 6. The Morgan fingerprint density at radius 3 is 2.04 bits per heavy atom. The van der Waals surface area contributed by atoms with Gasteiger partial charge in [-0.15, -0.1) is 6.58 Å². The van der Waals surface area contributed by atoms with Crippen LogP contribution >= 0.6 is 0 Å². The van der Waals surface area contributed by atoms with Gasteiger partial charge in [-0.25, -0.2) is 4.79 Å². The van der Waals surface area contributed by atoms with Gasteiger partial charge in [0, 0.05) is 19.0 Å². The Balaban J connectivity index is 2.41. The number of carbonyl (C=O) groups excluding carboxylic acids is 6. The van der Waals surface area contributed by atoms with Crippen LogP contribution in [-0.4, -0.2) is 77.5 Å². The Morgan fingerprint density at radius 1 is 0.860 bits per heavy atom. The Hall–Kier alpha value is -3.24. The summed E-state index contributed by atoms with van der Waals surface area (Å²) in [6.45, 7) is 21.5. The van der Waals surface area contributed by atoms with Gasteiger partial charge in [0.15, 0.2) is 5.78 Å². The van der Waals surface area contributed by atoms with Crippen LogP contribution in [0.3, 0.4) is 0 Å². The molecule has 2 rings (SSSR count). The van der Waals surface area contributed by atoms with E-state index in [-0.39, 0.29) is 42.4 Å². The standard InChI is InChI=1S/C39H67N5O6/c1-11-16-29(33(46)36(48)40-22-12-2)41-35(47)31-28(26(7)20-19-24(3)4)21-23-44(31)37(49)34(39(8,9)10)43-38(50)42-30(32(45)25(5)6)27-17-14-13-15-18-27/h12,24-31,34H,2,11,13-23H2,1,3-10H3,(H,40,48)(H,41,47)(H2,42,43,50)/t26?,28-,29?,30+,31+,34-/m1/s1. The van der Waals surface area contributed by atoms with Crippen LogP contribution in [0.4, 0.5) is 4.79 Å². The van der Waals surface area contributed by atoms with Gasteiger partial charge in [-0.1, -0.05) is 107 Å². The molecule has 11 nitrogen and oxygen atoms in total. The molecule has 1 saturated carbocycles. The Kier molecular flexibility index (Phi) is 17.1. The van der Waals surface area contributed by atoms with Crippen LogP contribution in [-0.2, 0) is 24.0 Å². The van der Waals surface area contributed by atoms with E-state index in [4.69, 9.17) is 0 Å². The summed E-state index contributed by atoms with van der Waals surface area (Å²) < 4.78 is 0. The van der Waals surface area contributed by atoms with Crippen LogP contribution in [0.25, 0.3) is 0 Å². The van der Waals surface area contributed by atoms with E-state index in [2.05, 4.69) is 48.6 Å². The lowest BCUT2D eigenvalue weighted by molar-refractivity contribution is -0.145. The predicted octanol–water partition coefficient (Wildman–Crippen LogP) is 5.32. The van der Waals surface area contributed by atoms with E-state index in [0.29, 0.717) is 25.3 Å². The number of hydrogen-bond donors (Lipinski definition) is 4. The number of nitrogens with zero attached hydrogens (tertiary/aromatic N) is 1. The number of nitrogens with one attached hydrogen (secondary N) is 4. The van der Waals surface area contributed by atoms with Crippen molar-refractivity contribution >= 4 is 35.3 Å². The molecular formula is C39H67N5O6. The van der Waals surface area contributed by atoms with Gasteiger partial charge in [-0.3, -0.25) is 24.0 Å². The van der Waals surface area contributed by atoms with Crippen molar-refractivity contribution in [3.8, 4) is 0 Å². The zero-order valence-electron chi connectivity index (χ0n) is 32.4. The van der Waals surface area contributed by atoms with Crippen molar-refractivity contribution in [2.24, 2.45) is 35.0 Å². The van der Waals surface area contributed by atoms with E-state index in [0.717, 1.165) is 44.9 Å². The molecule has 2 unspecified atom stereocenters. The van der Waals surface area contributed by atoms with E-state index in [1.54, 1.807) is 4.90 Å². The SMILES string of the molecule is C=CCNC(=O)C(=O)C(CCC)NC(=O)[C@@H]1[C@@H](C(C)CCC(C)C)CCN1C(=O)[C@@H](NC(=O)N[C@H](C(=O)C(C)C)C1CCCCC1)C(C)(C)C. The molecule has 0 radical (unpaired) electrons. The van der Waals surface area contributed by atoms with Gasteiger partial charge in [-0.2, -0.15) is 0 Å². The summed E-state index contributed by atoms with van der Waals surface area (Å²) in [5.74, 6) is -2.24. The van der Waals surface area contributed by atoms with Crippen LogP contribution in [0.2, 0.25) is 0 Å². The average molecular weight is 702 g/mol. The summed E-state index contributed by atoms with van der Waals surface area (Å²) in [6.07, 6.45) is 9.58. The fourth-order valence-corrected chi connectivity index (χ4v) is 7.41. The van der Waals surface area contributed by atoms with Crippen molar-refractivity contribution in [1.82, 2.24) is 26.2 Å². The van der Waals surface area contributed by atoms with Gasteiger partial charge in [0.2, 0.25) is 17.6 Å². The highest BCUT2D eigenvalue weighted by molar-refractivity contribution is 6.38. The van der Waals surface area contributed by atoms with Gasteiger partial charge in [0.05, 0.1) is 12.1 Å². The van der Waals surface area contributed by atoms with E-state index >= 15 is 0 Å². The van der Waals surface area contributed by atoms with Crippen LogP contribution in [0.15, 0.2) is 12.7 Å². The molecule has 0 spiro atoms. The molecule has 6 atom stereocenters. The molecule has 4 N–H and O–H groups in total. The zero-order chi connectivity index (χ0) is 37.8. The normalized spacial score (nSPS) is 20.8. The second-order valence-corrected chi connectivity index (χ2v) is 16.4. The van der Waals surface area contributed by atoms with Gasteiger partial charge >= 0.3 is 6.03 Å². The zero-order valence-corrected chi connectivity index (χ0v) is 32.4. The molecule has 11 heteroatoms. The number of likely N-dealkylation sites (tertiary alicyclic amines) is 1. The first-order chi connectivity index (χ1) is 23.4. The molecule has 2 aliphatic rings. The molecule has 284 valence electrons. The average Bonchev–Trinajstić information content (AvgIpc) is 3.51. The first-order valence-corrected chi connectivity index (χ1v) is 19.1. The van der Waals surface area contributed by atoms with Gasteiger partial charge in [0.25, 0.3) is 5.91 Å². The fraction of sp³-hybridized carbons (Fsp3) is 0.795. The van der Waals surface area contributed by atoms with Crippen molar-refractivity contribution in [2.45, 2.75) is 151 Å². The maximum atomic E-state index is 14.6. The monoisotopic (exact) mass is 702 g/mol. The number of Topliss-reactive ketones (excluding diaryl/α,β-unsaturated/α-hetero) is 2. The number of carbonyl (C=O) groups is 6. The minimum absolute atomic E-state index is 0.0189. The van der Waals surface area contributed by atoms with E-state index in [1.165, 1.54) is 6.08 Å². The summed E-state index contributed by atoms with van der Waals surface area (Å²) >= 11 is 0. The highest BCUT2D eigenvalue weighted by atomic mass is 16.2. The molecule has 5 amide bonds. The largest absolute Gasteiger partial charge is 0.346 e. The highest BCUT2D eigenvalue weighted by Gasteiger charge is 2.48. The van der Waals surface area contributed by atoms with Gasteiger partial charge < -0.3 is 26.2 Å². The van der Waals surface area contributed by atoms with E-state index in [1.807, 2.05) is 41.5 Å². The molecule has 1 aliphatic heterocycles. The summed E-state index contributed by atoms with van der Waals surface area (Å²) in [6, 6.07) is -4.15. The third kappa shape index (κ3) is 12.2. The Labute approximate surface area is 301 Å². The van der Waals surface area contributed by atoms with Crippen molar-refractivity contribution < 1.29 is 28.8 Å². The van der Waals surface area contributed by atoms with E-state index in [9.17, 15) is 28.8 Å². The quantitative estimate of drug-likeness (QED) is 0.112. The molecule has 50 heavy (non-hydrogen) atoms. The van der Waals surface area contributed by atoms with Crippen molar-refractivity contribution in [3.63, 3.8) is 0 Å². The highest BCUT2D eigenvalue weighted by Crippen LogP contribution is 2.36. The fourth-order valence-electron chi connectivity index (χ4n) is 7.41. The van der Waals surface area contributed by atoms with Crippen LogP contribution in [0, 0.1) is 35.0 Å². The molecular weight excluding hydrogens is 634 g/mol. The van der Waals surface area contributed by atoms with E-state index < -0.39 is 59.1 Å². The molecule has 2 fully saturated rings. The smallest absolute Gasteiger partial charge is 0.316 e. The summed E-state index contributed by atoms with van der Waals surface area (Å²) in [4.78, 5) is 83.0. The lowest BCUT2D eigenvalue weighted by Gasteiger charge is -2.38. The molecule has 1 heterocycles. The minimum atomic E-state index is -1.04. The summed E-state index contributed by atoms with van der Waals surface area (Å²) in [5, 5.41) is 11.2. The predicted molar refractivity (Wildman–Crippen MR) is 197 cm³/mol. The number of urea groups is 1. The lowest BCUT2D eigenvalue weighted by Crippen LogP contribution is -2.62. The molecule has 0 bridgehead atoms. The molecule has 1 saturated heterocycles. The second kappa shape index (κ2) is 20.0. The maximum absolute atomic E-state index is 14.6. The van der Waals surface area contributed by atoms with Crippen LogP contribution in [0.1, 0.15) is 127 Å². The third-order valence-electron chi connectivity index (χ3n) is 10.4. The number of rotatable bonds is 18. The molecule has 0 aromatic carbocycles. The number of ketones is 2. The first kappa shape index (κ1) is 42.9. The minimum Gasteiger partial charge on any atom is -0.346 e. The van der Waals surface area contributed by atoms with Crippen molar-refractivity contribution in [3.05, 3.63) is 12.7 Å². The maximum Gasteiger partial charge on any atom is 0.316 e.